The van der Waals surface area contributed by atoms with Crippen LogP contribution in [0.15, 0.2) is 71.9 Å². The zero-order chi connectivity index (χ0) is 23.9. The Morgan fingerprint density at radius 3 is 2.56 bits per heavy atom. The van der Waals surface area contributed by atoms with Crippen molar-refractivity contribution < 1.29 is 14.3 Å². The molecule has 0 bridgehead atoms. The summed E-state index contributed by atoms with van der Waals surface area (Å²) < 4.78 is 7.50. The molecule has 0 radical (unpaired) electrons. The van der Waals surface area contributed by atoms with Crippen molar-refractivity contribution >= 4 is 34.2 Å². The number of nitrogens with zero attached hydrogens (tertiary/aromatic N) is 3. The number of ketones is 1. The highest BCUT2D eigenvalue weighted by Crippen LogP contribution is 2.29. The van der Waals surface area contributed by atoms with Gasteiger partial charge in [-0.2, -0.15) is 0 Å². The molecular weight excluding hydrogens is 448 g/mol. The Balaban J connectivity index is 1.56. The number of carbonyl (C=O) groups excluding carboxylic acids is 2. The van der Waals surface area contributed by atoms with Gasteiger partial charge in [-0.1, -0.05) is 60.3 Å². The molecule has 1 N–H and O–H groups in total. The van der Waals surface area contributed by atoms with Gasteiger partial charge in [0.2, 0.25) is 5.91 Å². The Morgan fingerprint density at radius 1 is 1.00 bits per heavy atom. The lowest BCUT2D eigenvalue weighted by Crippen LogP contribution is -2.21. The molecule has 0 unspecified atom stereocenters. The van der Waals surface area contributed by atoms with Crippen LogP contribution < -0.4 is 10.1 Å². The first-order valence-electron chi connectivity index (χ1n) is 11.0. The van der Waals surface area contributed by atoms with Crippen molar-refractivity contribution in [3.63, 3.8) is 0 Å². The van der Waals surface area contributed by atoms with Gasteiger partial charge in [0, 0.05) is 25.5 Å². The van der Waals surface area contributed by atoms with E-state index in [1.165, 1.54) is 18.7 Å². The number of nitrogens with one attached hydrogen (secondary N) is 1. The molecule has 0 aliphatic carbocycles. The Hall–Kier alpha value is -3.65. The molecular formula is C26H26N4O3S. The van der Waals surface area contributed by atoms with Gasteiger partial charge in [-0.05, 0) is 35.4 Å². The van der Waals surface area contributed by atoms with E-state index in [1.54, 1.807) is 7.11 Å². The molecule has 1 aromatic heterocycles. The number of fused-ring (bicyclic) bond motifs is 1. The van der Waals surface area contributed by atoms with E-state index in [2.05, 4.69) is 15.5 Å². The maximum atomic E-state index is 13.0. The van der Waals surface area contributed by atoms with Crippen LogP contribution in [-0.4, -0.2) is 45.9 Å². The zero-order valence-corrected chi connectivity index (χ0v) is 20.0. The molecule has 7 nitrogen and oxygen atoms in total. The minimum Gasteiger partial charge on any atom is -0.495 e. The van der Waals surface area contributed by atoms with Crippen molar-refractivity contribution in [1.82, 2.24) is 20.1 Å². The third kappa shape index (κ3) is 5.46. The van der Waals surface area contributed by atoms with Gasteiger partial charge in [-0.3, -0.25) is 14.2 Å². The third-order valence-electron chi connectivity index (χ3n) is 5.38. The van der Waals surface area contributed by atoms with E-state index in [4.69, 9.17) is 4.74 Å². The number of amides is 1. The van der Waals surface area contributed by atoms with E-state index < -0.39 is 0 Å². The van der Waals surface area contributed by atoms with Crippen molar-refractivity contribution in [3.8, 4) is 11.4 Å². The molecule has 0 saturated carbocycles. The smallest absolute Gasteiger partial charge is 0.216 e. The Kier molecular flexibility index (Phi) is 7.59. The van der Waals surface area contributed by atoms with E-state index in [1.807, 2.05) is 71.3 Å². The maximum absolute atomic E-state index is 13.0. The molecule has 3 aromatic carbocycles. The van der Waals surface area contributed by atoms with Crippen molar-refractivity contribution in [2.75, 3.05) is 19.4 Å². The van der Waals surface area contributed by atoms with Gasteiger partial charge in [-0.25, -0.2) is 0 Å². The van der Waals surface area contributed by atoms with Crippen LogP contribution in [0.3, 0.4) is 0 Å². The fraction of sp³-hybridized carbons (Fsp3) is 0.231. The predicted molar refractivity (Wildman–Crippen MR) is 134 cm³/mol. The van der Waals surface area contributed by atoms with Gasteiger partial charge in [-0.15, -0.1) is 10.2 Å². The molecule has 0 saturated heterocycles. The first-order chi connectivity index (χ1) is 16.6. The van der Waals surface area contributed by atoms with Crippen molar-refractivity contribution in [2.24, 2.45) is 0 Å². The zero-order valence-electron chi connectivity index (χ0n) is 19.2. The lowest BCUT2D eigenvalue weighted by atomic mass is 10.1. The summed E-state index contributed by atoms with van der Waals surface area (Å²) in [5.41, 5.74) is 1.48. The quantitative estimate of drug-likeness (QED) is 0.207. The van der Waals surface area contributed by atoms with Gasteiger partial charge < -0.3 is 10.1 Å². The number of aromatic nitrogens is 3. The van der Waals surface area contributed by atoms with Gasteiger partial charge in [0.1, 0.15) is 11.6 Å². The number of ether oxygens (including phenoxy) is 1. The summed E-state index contributed by atoms with van der Waals surface area (Å²) in [4.78, 5) is 24.1. The third-order valence-corrected chi connectivity index (χ3v) is 6.31. The molecule has 1 heterocycles. The van der Waals surface area contributed by atoms with Gasteiger partial charge >= 0.3 is 0 Å². The number of carbonyl (C=O) groups is 2. The minimum absolute atomic E-state index is 0.0255. The van der Waals surface area contributed by atoms with E-state index >= 15 is 0 Å². The van der Waals surface area contributed by atoms with Crippen LogP contribution in [-0.2, 0) is 11.2 Å². The molecule has 0 aliphatic rings. The number of methoxy groups -OCH3 is 1. The molecule has 34 heavy (non-hydrogen) atoms. The van der Waals surface area contributed by atoms with Crippen LogP contribution in [0.4, 0.5) is 0 Å². The van der Waals surface area contributed by atoms with Crippen LogP contribution in [0, 0.1) is 0 Å². The van der Waals surface area contributed by atoms with E-state index in [-0.39, 0.29) is 17.4 Å². The maximum Gasteiger partial charge on any atom is 0.216 e. The summed E-state index contributed by atoms with van der Waals surface area (Å²) in [6.45, 7) is 2.05. The highest BCUT2D eigenvalue weighted by molar-refractivity contribution is 7.99. The first kappa shape index (κ1) is 23.5. The molecule has 0 aliphatic heterocycles. The Morgan fingerprint density at radius 2 is 1.76 bits per heavy atom. The highest BCUT2D eigenvalue weighted by atomic mass is 32.2. The SMILES string of the molecule is COc1ccccc1-n1c(CCCNC(C)=O)nnc1SCC(=O)c1ccc2ccccc2c1. The van der Waals surface area contributed by atoms with Crippen LogP contribution in [0.1, 0.15) is 29.5 Å². The van der Waals surface area contributed by atoms with Crippen molar-refractivity contribution in [1.29, 1.82) is 0 Å². The summed E-state index contributed by atoms with van der Waals surface area (Å²) in [7, 11) is 1.62. The number of benzene rings is 3. The Labute approximate surface area is 202 Å². The predicted octanol–water partition coefficient (Wildman–Crippen LogP) is 4.47. The number of thioether (sulfide) groups is 1. The van der Waals surface area contributed by atoms with E-state index in [9.17, 15) is 9.59 Å². The second-order valence-electron chi connectivity index (χ2n) is 7.77. The average Bonchev–Trinajstić information content (AvgIpc) is 3.27. The highest BCUT2D eigenvalue weighted by Gasteiger charge is 2.19. The van der Waals surface area contributed by atoms with Crippen LogP contribution >= 0.6 is 11.8 Å². The van der Waals surface area contributed by atoms with Crippen LogP contribution in [0.5, 0.6) is 5.75 Å². The standard InChI is InChI=1S/C26H26N4O3S/c1-18(31)27-15-7-12-25-28-29-26(30(25)22-10-5-6-11-24(22)33-2)34-17-23(32)21-14-13-19-8-3-4-9-20(19)16-21/h3-6,8-11,13-14,16H,7,12,15,17H2,1-2H3,(H,27,31). The van der Waals surface area contributed by atoms with Crippen molar-refractivity contribution in [2.45, 2.75) is 24.9 Å². The molecule has 0 spiro atoms. The molecule has 8 heteroatoms. The lowest BCUT2D eigenvalue weighted by Gasteiger charge is -2.14. The lowest BCUT2D eigenvalue weighted by molar-refractivity contribution is -0.118. The summed E-state index contributed by atoms with van der Waals surface area (Å²) in [6, 6.07) is 21.4. The molecule has 4 rings (SSSR count). The monoisotopic (exact) mass is 474 g/mol. The van der Waals surface area contributed by atoms with Gasteiger partial charge in [0.05, 0.1) is 18.6 Å². The normalized spacial score (nSPS) is 10.9. The van der Waals surface area contributed by atoms with Crippen molar-refractivity contribution in [3.05, 3.63) is 78.1 Å². The first-order valence-corrected chi connectivity index (χ1v) is 12.0. The summed E-state index contributed by atoms with van der Waals surface area (Å²) in [5.74, 6) is 1.63. The summed E-state index contributed by atoms with van der Waals surface area (Å²) in [5, 5.41) is 14.3. The molecule has 0 fully saturated rings. The molecule has 4 aromatic rings. The Bertz CT molecular complexity index is 1320. The van der Waals surface area contributed by atoms with Gasteiger partial charge in [0.15, 0.2) is 10.9 Å². The number of Topliss-reactive ketones (excluding diaryl/α,β-unsaturated/α-hetero) is 1. The largest absolute Gasteiger partial charge is 0.495 e. The van der Waals surface area contributed by atoms with Gasteiger partial charge in [0.25, 0.3) is 0 Å². The van der Waals surface area contributed by atoms with Crippen LogP contribution in [0.2, 0.25) is 0 Å². The number of rotatable bonds is 10. The summed E-state index contributed by atoms with van der Waals surface area (Å²) in [6.07, 6.45) is 1.33. The van der Waals surface area contributed by atoms with E-state index in [0.717, 1.165) is 22.3 Å². The topological polar surface area (TPSA) is 86.1 Å². The number of aryl methyl sites for hydroxylation is 1. The fourth-order valence-corrected chi connectivity index (χ4v) is 4.56. The number of hydrogen-bond donors (Lipinski definition) is 1. The fourth-order valence-electron chi connectivity index (χ4n) is 3.70. The average molecular weight is 475 g/mol. The van der Waals surface area contributed by atoms with E-state index in [0.29, 0.717) is 35.9 Å². The molecule has 174 valence electrons. The molecule has 1 amide bonds. The second-order valence-corrected chi connectivity index (χ2v) is 8.71. The second kappa shape index (κ2) is 11.0. The minimum atomic E-state index is -0.0605. The van der Waals surface area contributed by atoms with Crippen LogP contribution in [0.25, 0.3) is 16.5 Å². The summed E-state index contributed by atoms with van der Waals surface area (Å²) >= 11 is 1.35. The number of hydrogen-bond acceptors (Lipinski definition) is 6. The number of para-hydroxylation sites is 2. The molecule has 0 atom stereocenters.